The molecule has 1 aromatic heterocycles. The zero-order chi connectivity index (χ0) is 23.0. The molecule has 3 heterocycles. The molecule has 7 nitrogen and oxygen atoms in total. The van der Waals surface area contributed by atoms with Crippen LogP contribution in [0, 0.1) is 0 Å². The number of fused-ring (bicyclic) bond motifs is 1. The van der Waals surface area contributed by atoms with Crippen molar-refractivity contribution in [2.75, 3.05) is 31.1 Å². The number of hydrogen-bond acceptors (Lipinski definition) is 6. The summed E-state index contributed by atoms with van der Waals surface area (Å²) in [4.78, 5) is 29.6. The van der Waals surface area contributed by atoms with E-state index in [0.29, 0.717) is 49.5 Å². The van der Waals surface area contributed by atoms with Gasteiger partial charge in [0.25, 0.3) is 5.91 Å². The Kier molecular flexibility index (Phi) is 5.32. The molecule has 0 atom stereocenters. The highest BCUT2D eigenvalue weighted by atomic mass is 16.5. The van der Waals surface area contributed by atoms with E-state index in [1.807, 2.05) is 61.2 Å². The lowest BCUT2D eigenvalue weighted by atomic mass is 9.92. The molecule has 2 aliphatic rings. The van der Waals surface area contributed by atoms with Crippen molar-refractivity contribution in [3.63, 3.8) is 0 Å². The molecule has 0 N–H and O–H groups in total. The summed E-state index contributed by atoms with van der Waals surface area (Å²) in [6.07, 6.45) is 0.306. The van der Waals surface area contributed by atoms with Gasteiger partial charge in [0.15, 0.2) is 11.6 Å². The quantitative estimate of drug-likeness (QED) is 0.613. The molecule has 33 heavy (non-hydrogen) atoms. The van der Waals surface area contributed by atoms with E-state index in [-0.39, 0.29) is 11.7 Å². The molecule has 2 aromatic carbocycles. The highest BCUT2D eigenvalue weighted by Gasteiger charge is 2.33. The maximum atomic E-state index is 13.1. The normalized spacial score (nSPS) is 17.3. The van der Waals surface area contributed by atoms with Crippen molar-refractivity contribution >= 4 is 17.5 Å². The second kappa shape index (κ2) is 8.31. The summed E-state index contributed by atoms with van der Waals surface area (Å²) in [5, 5.41) is 8.76. The first-order valence-corrected chi connectivity index (χ1v) is 11.2. The van der Waals surface area contributed by atoms with Crippen molar-refractivity contribution in [1.82, 2.24) is 15.1 Å². The van der Waals surface area contributed by atoms with Crippen LogP contribution in [0.5, 0.6) is 5.75 Å². The topological polar surface area (TPSA) is 75.6 Å². The molecule has 0 saturated carbocycles. The SMILES string of the molecule is CC1(C)CC(=O)c2cc(C(=O)N3CCN(c4ccc(-c5ccccc5)nn4)CC3)ccc2O1. The number of nitrogens with zero attached hydrogens (tertiary/aromatic N) is 4. The maximum absolute atomic E-state index is 13.1. The van der Waals surface area contributed by atoms with Gasteiger partial charge in [-0.25, -0.2) is 0 Å². The third-order valence-corrected chi connectivity index (χ3v) is 6.11. The number of aromatic nitrogens is 2. The smallest absolute Gasteiger partial charge is 0.254 e. The number of rotatable bonds is 3. The number of amides is 1. The van der Waals surface area contributed by atoms with Gasteiger partial charge in [-0.2, -0.15) is 0 Å². The summed E-state index contributed by atoms with van der Waals surface area (Å²) in [6.45, 7) is 6.29. The number of piperazine rings is 1. The van der Waals surface area contributed by atoms with Crippen LogP contribution in [0.3, 0.4) is 0 Å². The summed E-state index contributed by atoms with van der Waals surface area (Å²) in [5.41, 5.74) is 2.36. The van der Waals surface area contributed by atoms with Crippen LogP contribution >= 0.6 is 0 Å². The predicted molar refractivity (Wildman–Crippen MR) is 126 cm³/mol. The molecule has 0 bridgehead atoms. The Labute approximate surface area is 193 Å². The molecular weight excluding hydrogens is 416 g/mol. The number of ether oxygens (including phenoxy) is 1. The van der Waals surface area contributed by atoms with Crippen molar-refractivity contribution in [2.24, 2.45) is 0 Å². The van der Waals surface area contributed by atoms with Gasteiger partial charge in [-0.1, -0.05) is 30.3 Å². The van der Waals surface area contributed by atoms with Crippen LogP contribution in [0.25, 0.3) is 11.3 Å². The summed E-state index contributed by atoms with van der Waals surface area (Å²) < 4.78 is 5.90. The van der Waals surface area contributed by atoms with Crippen LogP contribution in [0.15, 0.2) is 60.7 Å². The Morgan fingerprint density at radius 3 is 2.39 bits per heavy atom. The molecule has 1 amide bonds. The van der Waals surface area contributed by atoms with Crippen LogP contribution in [-0.4, -0.2) is 58.6 Å². The summed E-state index contributed by atoms with van der Waals surface area (Å²) in [5.74, 6) is 1.30. The summed E-state index contributed by atoms with van der Waals surface area (Å²) in [6, 6.07) is 19.1. The van der Waals surface area contributed by atoms with Gasteiger partial charge in [-0.05, 0) is 44.2 Å². The van der Waals surface area contributed by atoms with Gasteiger partial charge >= 0.3 is 0 Å². The van der Waals surface area contributed by atoms with E-state index in [1.165, 1.54) is 0 Å². The Hall–Kier alpha value is -3.74. The van der Waals surface area contributed by atoms with Gasteiger partial charge < -0.3 is 14.5 Å². The third-order valence-electron chi connectivity index (χ3n) is 6.11. The van der Waals surface area contributed by atoms with E-state index < -0.39 is 5.60 Å². The average molecular weight is 443 g/mol. The number of ketones is 1. The number of hydrogen-bond donors (Lipinski definition) is 0. The monoisotopic (exact) mass is 442 g/mol. The lowest BCUT2D eigenvalue weighted by Crippen LogP contribution is -2.49. The molecule has 0 unspecified atom stereocenters. The second-order valence-electron chi connectivity index (χ2n) is 9.09. The molecule has 0 aliphatic carbocycles. The minimum Gasteiger partial charge on any atom is -0.487 e. The summed E-state index contributed by atoms with van der Waals surface area (Å²) in [7, 11) is 0. The first-order valence-electron chi connectivity index (χ1n) is 11.2. The molecule has 3 aromatic rings. The molecule has 5 rings (SSSR count). The van der Waals surface area contributed by atoms with Crippen LogP contribution in [0.4, 0.5) is 5.82 Å². The van der Waals surface area contributed by atoms with Crippen molar-refractivity contribution in [1.29, 1.82) is 0 Å². The Morgan fingerprint density at radius 2 is 1.70 bits per heavy atom. The lowest BCUT2D eigenvalue weighted by molar-refractivity contribution is 0.0619. The minimum atomic E-state index is -0.520. The fourth-order valence-corrected chi connectivity index (χ4v) is 4.36. The standard InChI is InChI=1S/C26H26N4O3/c1-26(2)17-22(31)20-16-19(8-10-23(20)33-26)25(32)30-14-12-29(13-15-30)24-11-9-21(27-28-24)18-6-4-3-5-7-18/h3-11,16H,12-15,17H2,1-2H3. The molecule has 1 saturated heterocycles. The van der Waals surface area contributed by atoms with Gasteiger partial charge in [0.1, 0.15) is 11.4 Å². The van der Waals surface area contributed by atoms with Gasteiger partial charge in [0, 0.05) is 37.3 Å². The number of benzene rings is 2. The second-order valence-corrected chi connectivity index (χ2v) is 9.09. The zero-order valence-corrected chi connectivity index (χ0v) is 18.8. The first kappa shape index (κ1) is 21.1. The van der Waals surface area contributed by atoms with Crippen molar-refractivity contribution < 1.29 is 14.3 Å². The molecule has 2 aliphatic heterocycles. The molecule has 1 fully saturated rings. The largest absolute Gasteiger partial charge is 0.487 e. The van der Waals surface area contributed by atoms with Crippen molar-refractivity contribution in [3.8, 4) is 17.0 Å². The van der Waals surface area contributed by atoms with E-state index in [0.717, 1.165) is 17.1 Å². The maximum Gasteiger partial charge on any atom is 0.254 e. The summed E-state index contributed by atoms with van der Waals surface area (Å²) >= 11 is 0. The van der Waals surface area contributed by atoms with E-state index in [2.05, 4.69) is 15.1 Å². The Balaban J connectivity index is 1.24. The van der Waals surface area contributed by atoms with Gasteiger partial charge in [0.05, 0.1) is 17.7 Å². The highest BCUT2D eigenvalue weighted by Crippen LogP contribution is 2.33. The average Bonchev–Trinajstić information content (AvgIpc) is 2.83. The molecule has 7 heteroatoms. The fraction of sp³-hybridized carbons (Fsp3) is 0.308. The number of carbonyl (C=O) groups is 2. The van der Waals surface area contributed by atoms with E-state index >= 15 is 0 Å². The predicted octanol–water partition coefficient (Wildman–Crippen LogP) is 3.85. The third kappa shape index (κ3) is 4.31. The number of carbonyl (C=O) groups excluding carboxylic acids is 2. The Morgan fingerprint density at radius 1 is 0.939 bits per heavy atom. The van der Waals surface area contributed by atoms with Gasteiger partial charge in [0.2, 0.25) is 0 Å². The lowest BCUT2D eigenvalue weighted by Gasteiger charge is -2.35. The fourth-order valence-electron chi connectivity index (χ4n) is 4.36. The molecule has 168 valence electrons. The minimum absolute atomic E-state index is 0.0123. The zero-order valence-electron chi connectivity index (χ0n) is 18.8. The van der Waals surface area contributed by atoms with E-state index in [9.17, 15) is 9.59 Å². The van der Waals surface area contributed by atoms with Crippen LogP contribution in [0.1, 0.15) is 41.0 Å². The van der Waals surface area contributed by atoms with Gasteiger partial charge in [-0.15, -0.1) is 10.2 Å². The van der Waals surface area contributed by atoms with Crippen LogP contribution < -0.4 is 9.64 Å². The number of Topliss-reactive ketones (excluding diaryl/α,β-unsaturated/α-hetero) is 1. The van der Waals surface area contributed by atoms with Crippen molar-refractivity contribution in [2.45, 2.75) is 25.9 Å². The van der Waals surface area contributed by atoms with E-state index in [1.54, 1.807) is 18.2 Å². The molecule has 0 spiro atoms. The Bertz CT molecular complexity index is 1180. The first-order chi connectivity index (χ1) is 15.9. The van der Waals surface area contributed by atoms with Crippen molar-refractivity contribution in [3.05, 3.63) is 71.8 Å². The van der Waals surface area contributed by atoms with Crippen LogP contribution in [-0.2, 0) is 0 Å². The van der Waals surface area contributed by atoms with E-state index in [4.69, 9.17) is 4.74 Å². The molecule has 0 radical (unpaired) electrons. The van der Waals surface area contributed by atoms with Gasteiger partial charge in [-0.3, -0.25) is 9.59 Å². The van der Waals surface area contributed by atoms with Crippen LogP contribution in [0.2, 0.25) is 0 Å². The highest BCUT2D eigenvalue weighted by molar-refractivity contribution is 6.03. The number of anilines is 1. The molecular formula is C26H26N4O3.